The van der Waals surface area contributed by atoms with Crippen LogP contribution in [-0.2, 0) is 6.61 Å². The quantitative estimate of drug-likeness (QED) is 0.591. The van der Waals surface area contributed by atoms with E-state index in [4.69, 9.17) is 4.74 Å². The maximum atomic E-state index is 12.0. The lowest BCUT2D eigenvalue weighted by Gasteiger charge is -2.36. The number of carbonyl (C=O) groups is 1. The molecule has 1 aromatic carbocycles. The summed E-state index contributed by atoms with van der Waals surface area (Å²) in [5.41, 5.74) is 3.12. The Balaban J connectivity index is 1.24. The molecule has 3 heterocycles. The van der Waals surface area contributed by atoms with E-state index < -0.39 is 0 Å². The average Bonchev–Trinajstić information content (AvgIpc) is 3.47. The van der Waals surface area contributed by atoms with Crippen molar-refractivity contribution in [2.75, 3.05) is 44.2 Å². The van der Waals surface area contributed by atoms with Crippen molar-refractivity contribution in [2.24, 2.45) is 0 Å². The fourth-order valence-corrected chi connectivity index (χ4v) is 4.70. The minimum absolute atomic E-state index is 0.0154. The van der Waals surface area contributed by atoms with Gasteiger partial charge in [-0.25, -0.2) is 0 Å². The van der Waals surface area contributed by atoms with E-state index in [2.05, 4.69) is 44.1 Å². The number of anilines is 1. The third-order valence-electron chi connectivity index (χ3n) is 5.05. The predicted octanol–water partition coefficient (Wildman–Crippen LogP) is 3.94. The Morgan fingerprint density at radius 2 is 1.79 bits per heavy atom. The first kappa shape index (κ1) is 19.9. The first-order valence-electron chi connectivity index (χ1n) is 9.80. The summed E-state index contributed by atoms with van der Waals surface area (Å²) >= 11 is 3.24. The molecule has 1 aliphatic heterocycles. The minimum Gasteiger partial charge on any atom is -0.487 e. The van der Waals surface area contributed by atoms with Gasteiger partial charge in [0, 0.05) is 50.2 Å². The summed E-state index contributed by atoms with van der Waals surface area (Å²) in [6, 6.07) is 12.2. The number of hydrogen-bond donors (Lipinski definition) is 1. The molecular formula is C22H25N3O2S2. The molecule has 0 atom stereocenters. The maximum Gasteiger partial charge on any atom is 0.252 e. The van der Waals surface area contributed by atoms with Crippen molar-refractivity contribution >= 4 is 34.3 Å². The maximum absolute atomic E-state index is 12.0. The number of rotatable bonds is 8. The summed E-state index contributed by atoms with van der Waals surface area (Å²) in [6.45, 7) is 6.02. The minimum atomic E-state index is 0.0154. The summed E-state index contributed by atoms with van der Waals surface area (Å²) in [7, 11) is 0. The van der Waals surface area contributed by atoms with Gasteiger partial charge < -0.3 is 15.0 Å². The molecule has 1 fully saturated rings. The molecular weight excluding hydrogens is 402 g/mol. The number of benzene rings is 1. The zero-order valence-electron chi connectivity index (χ0n) is 16.3. The van der Waals surface area contributed by atoms with Crippen LogP contribution in [0.5, 0.6) is 5.75 Å². The largest absolute Gasteiger partial charge is 0.487 e. The highest BCUT2D eigenvalue weighted by molar-refractivity contribution is 7.08. The van der Waals surface area contributed by atoms with Gasteiger partial charge in [-0.15, -0.1) is 0 Å². The van der Waals surface area contributed by atoms with Crippen LogP contribution in [0.2, 0.25) is 0 Å². The van der Waals surface area contributed by atoms with Crippen LogP contribution in [0.4, 0.5) is 5.69 Å². The molecule has 0 unspecified atom stereocenters. The third-order valence-corrected chi connectivity index (χ3v) is 6.46. The van der Waals surface area contributed by atoms with Gasteiger partial charge in [-0.2, -0.15) is 22.7 Å². The smallest absolute Gasteiger partial charge is 0.252 e. The van der Waals surface area contributed by atoms with E-state index in [0.29, 0.717) is 13.2 Å². The topological polar surface area (TPSA) is 44.8 Å². The normalized spacial score (nSPS) is 14.7. The molecule has 0 saturated carbocycles. The monoisotopic (exact) mass is 427 g/mol. The van der Waals surface area contributed by atoms with Crippen molar-refractivity contribution < 1.29 is 9.53 Å². The SMILES string of the molecule is O=C(NCCN1CCN(c2ccccc2OCc2ccsc2)CC1)c1ccsc1. The van der Waals surface area contributed by atoms with Gasteiger partial charge in [0.1, 0.15) is 12.4 Å². The van der Waals surface area contributed by atoms with Crippen LogP contribution in [0.25, 0.3) is 0 Å². The number of thiophene rings is 2. The summed E-state index contributed by atoms with van der Waals surface area (Å²) in [5, 5.41) is 11.0. The van der Waals surface area contributed by atoms with Crippen molar-refractivity contribution in [2.45, 2.75) is 6.61 Å². The van der Waals surface area contributed by atoms with Crippen molar-refractivity contribution in [3.63, 3.8) is 0 Å². The van der Waals surface area contributed by atoms with Crippen LogP contribution in [0.3, 0.4) is 0 Å². The summed E-state index contributed by atoms with van der Waals surface area (Å²) in [4.78, 5) is 16.8. The van der Waals surface area contributed by atoms with Crippen LogP contribution in [0.15, 0.2) is 57.9 Å². The summed E-state index contributed by atoms with van der Waals surface area (Å²) in [6.07, 6.45) is 0. The highest BCUT2D eigenvalue weighted by Crippen LogP contribution is 2.29. The molecule has 7 heteroatoms. The highest BCUT2D eigenvalue weighted by Gasteiger charge is 2.19. The van der Waals surface area contributed by atoms with E-state index in [-0.39, 0.29) is 5.91 Å². The zero-order chi connectivity index (χ0) is 19.9. The Hall–Kier alpha value is -2.35. The Morgan fingerprint density at radius 3 is 2.55 bits per heavy atom. The van der Waals surface area contributed by atoms with E-state index in [0.717, 1.165) is 49.7 Å². The molecule has 0 spiro atoms. The second-order valence-electron chi connectivity index (χ2n) is 6.98. The van der Waals surface area contributed by atoms with Crippen molar-refractivity contribution in [1.82, 2.24) is 10.2 Å². The van der Waals surface area contributed by atoms with Crippen molar-refractivity contribution in [1.29, 1.82) is 0 Å². The Labute approximate surface area is 179 Å². The lowest BCUT2D eigenvalue weighted by molar-refractivity contribution is 0.0948. The fourth-order valence-electron chi connectivity index (χ4n) is 3.41. The fraction of sp³-hybridized carbons (Fsp3) is 0.318. The van der Waals surface area contributed by atoms with Gasteiger partial charge in [0.2, 0.25) is 0 Å². The van der Waals surface area contributed by atoms with E-state index in [1.54, 1.807) is 22.7 Å². The van der Waals surface area contributed by atoms with Crippen LogP contribution >= 0.6 is 22.7 Å². The number of nitrogens with zero attached hydrogens (tertiary/aromatic N) is 2. The molecule has 2 aromatic heterocycles. The first-order valence-corrected chi connectivity index (χ1v) is 11.7. The van der Waals surface area contributed by atoms with Gasteiger partial charge in [0.25, 0.3) is 5.91 Å². The van der Waals surface area contributed by atoms with Crippen LogP contribution in [0.1, 0.15) is 15.9 Å². The van der Waals surface area contributed by atoms with Crippen LogP contribution < -0.4 is 15.0 Å². The van der Waals surface area contributed by atoms with E-state index in [9.17, 15) is 4.79 Å². The lowest BCUT2D eigenvalue weighted by atomic mass is 10.2. The second kappa shape index (κ2) is 9.91. The van der Waals surface area contributed by atoms with Gasteiger partial charge in [-0.3, -0.25) is 9.69 Å². The predicted molar refractivity (Wildman–Crippen MR) is 120 cm³/mol. The van der Waals surface area contributed by atoms with E-state index >= 15 is 0 Å². The molecule has 0 aliphatic carbocycles. The molecule has 0 bridgehead atoms. The summed E-state index contributed by atoms with van der Waals surface area (Å²) in [5.74, 6) is 0.955. The number of hydrogen-bond acceptors (Lipinski definition) is 6. The van der Waals surface area contributed by atoms with Crippen molar-refractivity contribution in [3.05, 3.63) is 69.0 Å². The molecule has 152 valence electrons. The molecule has 0 radical (unpaired) electrons. The zero-order valence-corrected chi connectivity index (χ0v) is 17.9. The molecule has 1 saturated heterocycles. The number of carbonyl (C=O) groups excluding carboxylic acids is 1. The molecule has 1 N–H and O–H groups in total. The molecule has 1 amide bonds. The summed E-state index contributed by atoms with van der Waals surface area (Å²) < 4.78 is 6.09. The molecule has 3 aromatic rings. The van der Waals surface area contributed by atoms with Gasteiger partial charge >= 0.3 is 0 Å². The number of ether oxygens (including phenoxy) is 1. The van der Waals surface area contributed by atoms with Gasteiger partial charge in [-0.05, 0) is 46.0 Å². The molecule has 29 heavy (non-hydrogen) atoms. The van der Waals surface area contributed by atoms with Crippen molar-refractivity contribution in [3.8, 4) is 5.75 Å². The standard InChI is InChI=1S/C22H25N3O2S2/c26-22(19-6-14-29-17-19)23-7-8-24-9-11-25(12-10-24)20-3-1-2-4-21(20)27-15-18-5-13-28-16-18/h1-6,13-14,16-17H,7-12,15H2,(H,23,26). The number of para-hydroxylation sites is 2. The van der Waals surface area contributed by atoms with E-state index in [1.807, 2.05) is 29.0 Å². The number of piperazine rings is 1. The Morgan fingerprint density at radius 1 is 1.00 bits per heavy atom. The first-order chi connectivity index (χ1) is 14.3. The Bertz CT molecular complexity index is 889. The second-order valence-corrected chi connectivity index (χ2v) is 8.54. The lowest BCUT2D eigenvalue weighted by Crippen LogP contribution is -2.48. The number of nitrogens with one attached hydrogen (secondary N) is 1. The van der Waals surface area contributed by atoms with E-state index in [1.165, 1.54) is 5.56 Å². The molecule has 1 aliphatic rings. The average molecular weight is 428 g/mol. The highest BCUT2D eigenvalue weighted by atomic mass is 32.1. The van der Waals surface area contributed by atoms with Gasteiger partial charge in [0.05, 0.1) is 5.69 Å². The van der Waals surface area contributed by atoms with Crippen LogP contribution in [-0.4, -0.2) is 50.1 Å². The third kappa shape index (κ3) is 5.38. The van der Waals surface area contributed by atoms with Gasteiger partial charge in [0.15, 0.2) is 0 Å². The Kier molecular flexibility index (Phi) is 6.82. The number of amides is 1. The molecule has 4 rings (SSSR count). The van der Waals surface area contributed by atoms with Crippen LogP contribution in [0, 0.1) is 0 Å². The molecule has 5 nitrogen and oxygen atoms in total. The van der Waals surface area contributed by atoms with Gasteiger partial charge in [-0.1, -0.05) is 12.1 Å².